The van der Waals surface area contributed by atoms with Gasteiger partial charge in [0.15, 0.2) is 11.8 Å². The molecular weight excluding hydrogens is 436 g/mol. The van der Waals surface area contributed by atoms with Crippen LogP contribution in [0.15, 0.2) is 39.4 Å². The molecule has 0 aliphatic heterocycles. The van der Waals surface area contributed by atoms with Gasteiger partial charge in [-0.25, -0.2) is 0 Å². The Labute approximate surface area is 198 Å². The number of amides is 2. The molecule has 0 bridgehead atoms. The Hall–Kier alpha value is -3.43. The van der Waals surface area contributed by atoms with E-state index in [1.807, 2.05) is 33.8 Å². The van der Waals surface area contributed by atoms with E-state index in [-0.39, 0.29) is 24.4 Å². The van der Waals surface area contributed by atoms with Crippen LogP contribution in [-0.2, 0) is 16.1 Å². The average molecular weight is 469 g/mol. The Bertz CT molecular complexity index is 1100. The van der Waals surface area contributed by atoms with Crippen molar-refractivity contribution < 1.29 is 18.4 Å². The SMILES string of the molecule is Cc1ccc(-c2nnn(CC(=O)N(C3CCCCC3)C(C(=O)NC(C)(C)C)c3ccco3)n2)o1. The first-order chi connectivity index (χ1) is 16.2. The fourth-order valence-corrected chi connectivity index (χ4v) is 4.36. The molecule has 2 amide bonds. The van der Waals surface area contributed by atoms with Gasteiger partial charge in [-0.05, 0) is 70.0 Å². The third kappa shape index (κ3) is 5.55. The molecule has 1 N–H and O–H groups in total. The van der Waals surface area contributed by atoms with Crippen LogP contribution in [0.5, 0.6) is 0 Å². The lowest BCUT2D eigenvalue weighted by Crippen LogP contribution is -2.53. The molecular formula is C24H32N6O4. The van der Waals surface area contributed by atoms with Gasteiger partial charge in [0.1, 0.15) is 18.1 Å². The van der Waals surface area contributed by atoms with Gasteiger partial charge in [-0.1, -0.05) is 19.3 Å². The third-order valence-electron chi connectivity index (χ3n) is 5.78. The normalized spacial score (nSPS) is 15.8. The van der Waals surface area contributed by atoms with E-state index in [1.165, 1.54) is 11.1 Å². The zero-order chi connectivity index (χ0) is 24.3. The minimum atomic E-state index is -0.888. The van der Waals surface area contributed by atoms with Gasteiger partial charge in [-0.2, -0.15) is 4.80 Å². The third-order valence-corrected chi connectivity index (χ3v) is 5.78. The molecule has 1 aliphatic rings. The van der Waals surface area contributed by atoms with Gasteiger partial charge in [0.2, 0.25) is 11.7 Å². The summed E-state index contributed by atoms with van der Waals surface area (Å²) in [6, 6.07) is 6.07. The smallest absolute Gasteiger partial charge is 0.251 e. The molecule has 0 aromatic carbocycles. The molecule has 1 fully saturated rings. The van der Waals surface area contributed by atoms with Gasteiger partial charge in [0.05, 0.1) is 6.26 Å². The second-order valence-electron chi connectivity index (χ2n) is 9.80. The van der Waals surface area contributed by atoms with Gasteiger partial charge in [-0.15, -0.1) is 10.2 Å². The number of nitrogens with one attached hydrogen (secondary N) is 1. The number of carbonyl (C=O) groups excluding carboxylic acids is 2. The zero-order valence-electron chi connectivity index (χ0n) is 20.2. The van der Waals surface area contributed by atoms with Crippen molar-refractivity contribution in [2.24, 2.45) is 0 Å². The highest BCUT2D eigenvalue weighted by Gasteiger charge is 2.39. The summed E-state index contributed by atoms with van der Waals surface area (Å²) in [6.45, 7) is 7.41. The highest BCUT2D eigenvalue weighted by Crippen LogP contribution is 2.32. The number of hydrogen-bond donors (Lipinski definition) is 1. The van der Waals surface area contributed by atoms with E-state index in [0.29, 0.717) is 17.3 Å². The minimum absolute atomic E-state index is 0.0854. The van der Waals surface area contributed by atoms with Crippen molar-refractivity contribution in [1.82, 2.24) is 30.4 Å². The van der Waals surface area contributed by atoms with Crippen molar-refractivity contribution >= 4 is 11.8 Å². The minimum Gasteiger partial charge on any atom is -0.467 e. The van der Waals surface area contributed by atoms with Crippen molar-refractivity contribution in [3.05, 3.63) is 42.0 Å². The van der Waals surface area contributed by atoms with Gasteiger partial charge < -0.3 is 19.1 Å². The van der Waals surface area contributed by atoms with E-state index >= 15 is 0 Å². The summed E-state index contributed by atoms with van der Waals surface area (Å²) in [4.78, 5) is 30.1. The summed E-state index contributed by atoms with van der Waals surface area (Å²) in [5.41, 5.74) is -0.466. The number of carbonyl (C=O) groups is 2. The Kier molecular flexibility index (Phi) is 6.85. The maximum absolute atomic E-state index is 13.7. The summed E-state index contributed by atoms with van der Waals surface area (Å²) >= 11 is 0. The second kappa shape index (κ2) is 9.82. The molecule has 0 saturated heterocycles. The van der Waals surface area contributed by atoms with Crippen LogP contribution in [0.25, 0.3) is 11.6 Å². The van der Waals surface area contributed by atoms with E-state index < -0.39 is 11.6 Å². The summed E-state index contributed by atoms with van der Waals surface area (Å²) in [5, 5.41) is 15.4. The summed E-state index contributed by atoms with van der Waals surface area (Å²) in [7, 11) is 0. The first-order valence-corrected chi connectivity index (χ1v) is 11.7. The predicted molar refractivity (Wildman–Crippen MR) is 123 cm³/mol. The maximum atomic E-state index is 13.7. The molecule has 3 aromatic heterocycles. The number of aromatic nitrogens is 4. The standard InChI is InChI=1S/C24H32N6O4/c1-16-12-13-19(34-16)22-26-28-29(27-22)15-20(31)30(17-9-6-5-7-10-17)21(18-11-8-14-33-18)23(32)25-24(2,3)4/h8,11-14,17,21H,5-7,9-10,15H2,1-4H3,(H,25,32). The highest BCUT2D eigenvalue weighted by atomic mass is 16.3. The second-order valence-corrected chi connectivity index (χ2v) is 9.80. The lowest BCUT2D eigenvalue weighted by Gasteiger charge is -2.39. The number of tetrazole rings is 1. The van der Waals surface area contributed by atoms with Crippen molar-refractivity contribution in [2.45, 2.75) is 84.0 Å². The van der Waals surface area contributed by atoms with E-state index in [1.54, 1.807) is 23.1 Å². The van der Waals surface area contributed by atoms with E-state index in [9.17, 15) is 9.59 Å². The molecule has 34 heavy (non-hydrogen) atoms. The molecule has 1 aliphatic carbocycles. The summed E-state index contributed by atoms with van der Waals surface area (Å²) in [6.07, 6.45) is 6.30. The summed E-state index contributed by atoms with van der Waals surface area (Å²) < 4.78 is 11.2. The van der Waals surface area contributed by atoms with Crippen LogP contribution >= 0.6 is 0 Å². The largest absolute Gasteiger partial charge is 0.467 e. The topological polar surface area (TPSA) is 119 Å². The van der Waals surface area contributed by atoms with Crippen LogP contribution in [0, 0.1) is 6.92 Å². The van der Waals surface area contributed by atoms with E-state index in [2.05, 4.69) is 20.7 Å². The molecule has 0 spiro atoms. The summed E-state index contributed by atoms with van der Waals surface area (Å²) in [5.74, 6) is 1.41. The average Bonchev–Trinajstić information content (AvgIpc) is 3.53. The molecule has 0 radical (unpaired) electrons. The Morgan fingerprint density at radius 2 is 1.97 bits per heavy atom. The predicted octanol–water partition coefficient (Wildman–Crippen LogP) is 3.65. The van der Waals surface area contributed by atoms with Crippen LogP contribution in [0.1, 0.15) is 70.4 Å². The monoisotopic (exact) mass is 468 g/mol. The van der Waals surface area contributed by atoms with Crippen molar-refractivity contribution in [1.29, 1.82) is 0 Å². The number of hydrogen-bond acceptors (Lipinski definition) is 7. The van der Waals surface area contributed by atoms with Crippen LogP contribution < -0.4 is 5.32 Å². The molecule has 1 atom stereocenters. The van der Waals surface area contributed by atoms with Crippen LogP contribution in [0.3, 0.4) is 0 Å². The van der Waals surface area contributed by atoms with Crippen LogP contribution in [0.4, 0.5) is 0 Å². The quantitative estimate of drug-likeness (QED) is 0.562. The first-order valence-electron chi connectivity index (χ1n) is 11.7. The number of nitrogens with zero attached hydrogens (tertiary/aromatic N) is 5. The molecule has 10 nitrogen and oxygen atoms in total. The van der Waals surface area contributed by atoms with Crippen LogP contribution in [0.2, 0.25) is 0 Å². The van der Waals surface area contributed by atoms with E-state index in [0.717, 1.165) is 37.9 Å². The first kappa shape index (κ1) is 23.7. The van der Waals surface area contributed by atoms with Crippen LogP contribution in [-0.4, -0.2) is 48.5 Å². The molecule has 1 unspecified atom stereocenters. The van der Waals surface area contributed by atoms with E-state index in [4.69, 9.17) is 8.83 Å². The fourth-order valence-electron chi connectivity index (χ4n) is 4.36. The Balaban J connectivity index is 1.63. The Morgan fingerprint density at radius 1 is 1.21 bits per heavy atom. The van der Waals surface area contributed by atoms with Gasteiger partial charge in [-0.3, -0.25) is 9.59 Å². The molecule has 182 valence electrons. The molecule has 3 heterocycles. The number of rotatable bonds is 7. The van der Waals surface area contributed by atoms with Crippen molar-refractivity contribution in [2.75, 3.05) is 0 Å². The number of furan rings is 2. The lowest BCUT2D eigenvalue weighted by molar-refractivity contribution is -0.146. The number of aryl methyl sites for hydroxylation is 1. The fraction of sp³-hybridized carbons (Fsp3) is 0.542. The van der Waals surface area contributed by atoms with Crippen molar-refractivity contribution in [3.8, 4) is 11.6 Å². The van der Waals surface area contributed by atoms with Gasteiger partial charge in [0, 0.05) is 11.6 Å². The molecule has 10 heteroatoms. The zero-order valence-corrected chi connectivity index (χ0v) is 20.2. The lowest BCUT2D eigenvalue weighted by atomic mass is 9.92. The van der Waals surface area contributed by atoms with Gasteiger partial charge >= 0.3 is 0 Å². The van der Waals surface area contributed by atoms with Crippen molar-refractivity contribution in [3.63, 3.8) is 0 Å². The molecule has 3 aromatic rings. The Morgan fingerprint density at radius 3 is 2.59 bits per heavy atom. The maximum Gasteiger partial charge on any atom is 0.251 e. The molecule has 4 rings (SSSR count). The highest BCUT2D eigenvalue weighted by molar-refractivity contribution is 5.88. The molecule has 1 saturated carbocycles. The van der Waals surface area contributed by atoms with Gasteiger partial charge in [0.25, 0.3) is 5.91 Å².